The first-order valence-electron chi connectivity index (χ1n) is 8.22. The fourth-order valence-electron chi connectivity index (χ4n) is 2.82. The molecule has 1 aliphatic rings. The van der Waals surface area contributed by atoms with Gasteiger partial charge >= 0.3 is 0 Å². The molecule has 23 heavy (non-hydrogen) atoms. The van der Waals surface area contributed by atoms with Gasteiger partial charge in [-0.1, -0.05) is 26.0 Å². The highest BCUT2D eigenvalue weighted by molar-refractivity contribution is 5.97. The number of nitrogens with zero attached hydrogens (tertiary/aromatic N) is 2. The van der Waals surface area contributed by atoms with Gasteiger partial charge in [-0.3, -0.25) is 4.79 Å². The van der Waals surface area contributed by atoms with E-state index in [1.165, 1.54) is 0 Å². The highest BCUT2D eigenvalue weighted by Crippen LogP contribution is 2.30. The van der Waals surface area contributed by atoms with Crippen LogP contribution in [0.4, 0.5) is 0 Å². The summed E-state index contributed by atoms with van der Waals surface area (Å²) in [5.41, 5.74) is 6.75. The molecule has 5 nitrogen and oxygen atoms in total. The topological polar surface area (TPSA) is 58.8 Å². The largest absolute Gasteiger partial charge is 0.491 e. The number of nitrogens with two attached hydrogens (primary N) is 1. The van der Waals surface area contributed by atoms with Crippen LogP contribution in [0.2, 0.25) is 0 Å². The van der Waals surface area contributed by atoms with Crippen molar-refractivity contribution in [2.45, 2.75) is 26.3 Å². The molecule has 0 radical (unpaired) electrons. The van der Waals surface area contributed by atoms with E-state index >= 15 is 0 Å². The number of piperidine rings is 1. The van der Waals surface area contributed by atoms with E-state index in [2.05, 4.69) is 18.7 Å². The smallest absolute Gasteiger partial charge is 0.257 e. The molecule has 2 rings (SSSR count). The van der Waals surface area contributed by atoms with Crippen molar-refractivity contribution in [2.75, 3.05) is 40.3 Å². The van der Waals surface area contributed by atoms with Gasteiger partial charge in [0, 0.05) is 25.7 Å². The number of carbonyl (C=O) groups is 1. The monoisotopic (exact) mass is 319 g/mol. The SMILES string of the molecule is CN(C)CCOc1ccccc1C(=O)N1CCC(N)C(C)(C)C1. The normalized spacial score (nSPS) is 20.6. The lowest BCUT2D eigenvalue weighted by molar-refractivity contribution is 0.0529. The second-order valence-electron chi connectivity index (χ2n) is 7.26. The molecule has 1 amide bonds. The number of ether oxygens (including phenoxy) is 1. The van der Waals surface area contributed by atoms with Crippen molar-refractivity contribution in [1.82, 2.24) is 9.80 Å². The average molecular weight is 319 g/mol. The Balaban J connectivity index is 2.10. The first-order valence-corrected chi connectivity index (χ1v) is 8.22. The molecule has 5 heteroatoms. The van der Waals surface area contributed by atoms with E-state index in [1.807, 2.05) is 43.3 Å². The molecule has 1 aromatic carbocycles. The highest BCUT2D eigenvalue weighted by Gasteiger charge is 2.36. The molecule has 0 saturated carbocycles. The summed E-state index contributed by atoms with van der Waals surface area (Å²) in [7, 11) is 4.00. The van der Waals surface area contributed by atoms with Gasteiger partial charge in [-0.25, -0.2) is 0 Å². The lowest BCUT2D eigenvalue weighted by Gasteiger charge is -2.42. The molecule has 1 atom stereocenters. The minimum Gasteiger partial charge on any atom is -0.491 e. The summed E-state index contributed by atoms with van der Waals surface area (Å²) in [5, 5.41) is 0. The molecule has 1 aliphatic heterocycles. The van der Waals surface area contributed by atoms with Gasteiger partial charge in [0.1, 0.15) is 12.4 Å². The Kier molecular flexibility index (Phi) is 5.65. The average Bonchev–Trinajstić information content (AvgIpc) is 2.49. The second kappa shape index (κ2) is 7.32. The number of rotatable bonds is 5. The van der Waals surface area contributed by atoms with Gasteiger partial charge in [-0.05, 0) is 38.1 Å². The van der Waals surface area contributed by atoms with Crippen LogP contribution in [-0.4, -0.2) is 62.1 Å². The summed E-state index contributed by atoms with van der Waals surface area (Å²) >= 11 is 0. The van der Waals surface area contributed by atoms with Crippen LogP contribution in [-0.2, 0) is 0 Å². The fraction of sp³-hybridized carbons (Fsp3) is 0.611. The van der Waals surface area contributed by atoms with Gasteiger partial charge in [-0.2, -0.15) is 0 Å². The molecule has 1 heterocycles. The van der Waals surface area contributed by atoms with E-state index in [0.29, 0.717) is 31.0 Å². The lowest BCUT2D eigenvalue weighted by atomic mass is 9.79. The van der Waals surface area contributed by atoms with Gasteiger partial charge in [0.25, 0.3) is 5.91 Å². The molecular weight excluding hydrogens is 290 g/mol. The second-order valence-corrected chi connectivity index (χ2v) is 7.26. The van der Waals surface area contributed by atoms with Crippen LogP contribution in [0.25, 0.3) is 0 Å². The van der Waals surface area contributed by atoms with E-state index in [9.17, 15) is 4.79 Å². The van der Waals surface area contributed by atoms with Crippen LogP contribution in [0, 0.1) is 5.41 Å². The summed E-state index contributed by atoms with van der Waals surface area (Å²) in [6, 6.07) is 7.63. The fourth-order valence-corrected chi connectivity index (χ4v) is 2.82. The lowest BCUT2D eigenvalue weighted by Crippen LogP contribution is -2.54. The van der Waals surface area contributed by atoms with Crippen molar-refractivity contribution in [3.8, 4) is 5.75 Å². The molecule has 0 spiro atoms. The number of hydrogen-bond acceptors (Lipinski definition) is 4. The summed E-state index contributed by atoms with van der Waals surface area (Å²) in [4.78, 5) is 16.9. The minimum absolute atomic E-state index is 0.0328. The Morgan fingerprint density at radius 3 is 2.74 bits per heavy atom. The number of hydrogen-bond donors (Lipinski definition) is 1. The van der Waals surface area contributed by atoms with Gasteiger partial charge in [0.2, 0.25) is 0 Å². The third-order valence-corrected chi connectivity index (χ3v) is 4.51. The molecule has 1 unspecified atom stereocenters. The van der Waals surface area contributed by atoms with Crippen LogP contribution in [0.3, 0.4) is 0 Å². The van der Waals surface area contributed by atoms with Gasteiger partial charge in [0.05, 0.1) is 5.56 Å². The number of benzene rings is 1. The van der Waals surface area contributed by atoms with Crippen LogP contribution >= 0.6 is 0 Å². The van der Waals surface area contributed by atoms with E-state index in [1.54, 1.807) is 0 Å². The van der Waals surface area contributed by atoms with E-state index < -0.39 is 0 Å². The Hall–Kier alpha value is -1.59. The third-order valence-electron chi connectivity index (χ3n) is 4.51. The maximum atomic E-state index is 12.9. The Labute approximate surface area is 139 Å². The molecule has 1 fully saturated rings. The first kappa shape index (κ1) is 17.8. The van der Waals surface area contributed by atoms with Gasteiger partial charge in [0.15, 0.2) is 0 Å². The predicted molar refractivity (Wildman–Crippen MR) is 92.8 cm³/mol. The summed E-state index contributed by atoms with van der Waals surface area (Å²) in [6.45, 7) is 7.00. The highest BCUT2D eigenvalue weighted by atomic mass is 16.5. The van der Waals surface area contributed by atoms with Crippen LogP contribution in [0.1, 0.15) is 30.6 Å². The van der Waals surface area contributed by atoms with Crippen LogP contribution in [0.15, 0.2) is 24.3 Å². The first-order chi connectivity index (χ1) is 10.8. The standard InChI is InChI=1S/C18H29N3O2/c1-18(2)13-21(10-9-16(18)19)17(22)14-7-5-6-8-15(14)23-12-11-20(3)4/h5-8,16H,9-13,19H2,1-4H3. The number of likely N-dealkylation sites (N-methyl/N-ethyl adjacent to an activating group) is 1. The maximum absolute atomic E-state index is 12.9. The summed E-state index contributed by atoms with van der Waals surface area (Å²) in [5.74, 6) is 0.692. The van der Waals surface area contributed by atoms with Crippen molar-refractivity contribution in [3.05, 3.63) is 29.8 Å². The Bertz CT molecular complexity index is 543. The number of likely N-dealkylation sites (tertiary alicyclic amines) is 1. The zero-order valence-corrected chi connectivity index (χ0v) is 14.7. The predicted octanol–water partition coefficient (Wildman–Crippen LogP) is 1.83. The molecule has 0 aromatic heterocycles. The molecule has 0 bridgehead atoms. The van der Waals surface area contributed by atoms with E-state index in [4.69, 9.17) is 10.5 Å². The molecule has 1 aromatic rings. The molecule has 2 N–H and O–H groups in total. The zero-order chi connectivity index (χ0) is 17.0. The van der Waals surface area contributed by atoms with Crippen LogP contribution in [0.5, 0.6) is 5.75 Å². The maximum Gasteiger partial charge on any atom is 0.257 e. The van der Waals surface area contributed by atoms with Crippen molar-refractivity contribution in [1.29, 1.82) is 0 Å². The quantitative estimate of drug-likeness (QED) is 0.899. The number of para-hydroxylation sites is 1. The van der Waals surface area contributed by atoms with E-state index in [-0.39, 0.29) is 17.4 Å². The number of carbonyl (C=O) groups excluding carboxylic acids is 1. The van der Waals surface area contributed by atoms with Gasteiger partial charge in [-0.15, -0.1) is 0 Å². The van der Waals surface area contributed by atoms with Crippen LogP contribution < -0.4 is 10.5 Å². The van der Waals surface area contributed by atoms with Crippen molar-refractivity contribution in [2.24, 2.45) is 11.1 Å². The van der Waals surface area contributed by atoms with Gasteiger partial charge < -0.3 is 20.3 Å². The molecule has 1 saturated heterocycles. The Morgan fingerprint density at radius 2 is 2.09 bits per heavy atom. The molecule has 128 valence electrons. The molecular formula is C18H29N3O2. The number of amides is 1. The zero-order valence-electron chi connectivity index (χ0n) is 14.7. The summed E-state index contributed by atoms with van der Waals surface area (Å²) in [6.07, 6.45) is 0.836. The Morgan fingerprint density at radius 1 is 1.39 bits per heavy atom. The summed E-state index contributed by atoms with van der Waals surface area (Å²) < 4.78 is 5.82. The van der Waals surface area contributed by atoms with Crippen molar-refractivity contribution < 1.29 is 9.53 Å². The van der Waals surface area contributed by atoms with Crippen molar-refractivity contribution in [3.63, 3.8) is 0 Å². The minimum atomic E-state index is -0.0609. The van der Waals surface area contributed by atoms with E-state index in [0.717, 1.165) is 13.0 Å². The third kappa shape index (κ3) is 4.45. The molecule has 0 aliphatic carbocycles. The van der Waals surface area contributed by atoms with Crippen molar-refractivity contribution >= 4 is 5.91 Å².